The highest BCUT2D eigenvalue weighted by Gasteiger charge is 2.30. The molecule has 1 aromatic heterocycles. The second kappa shape index (κ2) is 6.64. The molecule has 1 amide bonds. The molecule has 0 unspecified atom stereocenters. The number of carbonyl (C=O) groups is 1. The highest BCUT2D eigenvalue weighted by atomic mass is 19.4. The first-order valence-corrected chi connectivity index (χ1v) is 7.54. The number of aromatic amines is 1. The fourth-order valence-corrected chi connectivity index (χ4v) is 2.65. The molecule has 0 bridgehead atoms. The third kappa shape index (κ3) is 3.31. The number of carbonyl (C=O) groups excluding carboxylic acids is 1. The Balaban J connectivity index is 1.98. The molecule has 2 aromatic carbocycles. The first-order chi connectivity index (χ1) is 12.3. The van der Waals surface area contributed by atoms with Crippen molar-refractivity contribution >= 4 is 22.5 Å². The molecule has 8 heteroatoms. The summed E-state index contributed by atoms with van der Waals surface area (Å²) >= 11 is 0. The summed E-state index contributed by atoms with van der Waals surface area (Å²) in [4.78, 5) is 27.3. The lowest BCUT2D eigenvalue weighted by molar-refractivity contribution is -0.137. The van der Waals surface area contributed by atoms with Crippen LogP contribution in [0.1, 0.15) is 21.5 Å². The van der Waals surface area contributed by atoms with Crippen LogP contribution in [0.4, 0.5) is 18.9 Å². The van der Waals surface area contributed by atoms with Crippen LogP contribution in [-0.4, -0.2) is 16.0 Å². The summed E-state index contributed by atoms with van der Waals surface area (Å²) < 4.78 is 37.8. The van der Waals surface area contributed by atoms with Gasteiger partial charge in [-0.2, -0.15) is 13.2 Å². The van der Waals surface area contributed by atoms with E-state index in [1.807, 2.05) is 0 Å². The molecule has 3 aromatic rings. The lowest BCUT2D eigenvalue weighted by atomic mass is 10.0. The zero-order chi connectivity index (χ0) is 18.9. The van der Waals surface area contributed by atoms with Crippen molar-refractivity contribution in [2.24, 2.45) is 0 Å². The molecule has 0 aliphatic heterocycles. The standard InChI is InChI=1S/C18H13F3N2O3/c19-18(20,21)10-5-7-11(8-6-10)22-16(25)15-13(9-24)12-3-1-2-4-14(12)23-17(15)26/h1-8,24H,9H2,(H,22,25)(H,23,26). The van der Waals surface area contributed by atoms with Gasteiger partial charge >= 0.3 is 6.18 Å². The Kier molecular flexibility index (Phi) is 4.52. The van der Waals surface area contributed by atoms with Crippen LogP contribution >= 0.6 is 0 Å². The Bertz CT molecular complexity index is 1020. The second-order valence-corrected chi connectivity index (χ2v) is 5.54. The molecule has 3 N–H and O–H groups in total. The number of anilines is 1. The minimum Gasteiger partial charge on any atom is -0.392 e. The molecule has 5 nitrogen and oxygen atoms in total. The van der Waals surface area contributed by atoms with E-state index in [1.54, 1.807) is 24.3 Å². The van der Waals surface area contributed by atoms with Crippen LogP contribution in [0, 0.1) is 0 Å². The first-order valence-electron chi connectivity index (χ1n) is 7.54. The highest BCUT2D eigenvalue weighted by Crippen LogP contribution is 2.30. The number of aliphatic hydroxyl groups is 1. The molecule has 0 atom stereocenters. The summed E-state index contributed by atoms with van der Waals surface area (Å²) in [5.41, 5.74) is -1.13. The van der Waals surface area contributed by atoms with Gasteiger partial charge in [0.1, 0.15) is 5.56 Å². The van der Waals surface area contributed by atoms with E-state index < -0.39 is 29.8 Å². The summed E-state index contributed by atoms with van der Waals surface area (Å²) in [6, 6.07) is 10.5. The van der Waals surface area contributed by atoms with Crippen LogP contribution in [0.5, 0.6) is 0 Å². The highest BCUT2D eigenvalue weighted by molar-refractivity contribution is 6.07. The number of hydrogen-bond donors (Lipinski definition) is 3. The maximum Gasteiger partial charge on any atom is 0.416 e. The first kappa shape index (κ1) is 17.7. The third-order valence-electron chi connectivity index (χ3n) is 3.88. The molecular weight excluding hydrogens is 349 g/mol. The number of aromatic nitrogens is 1. The Morgan fingerprint density at radius 1 is 1.08 bits per heavy atom. The van der Waals surface area contributed by atoms with Gasteiger partial charge in [0, 0.05) is 22.2 Å². The molecule has 0 aliphatic rings. The van der Waals surface area contributed by atoms with Crippen LogP contribution in [0.25, 0.3) is 10.9 Å². The van der Waals surface area contributed by atoms with Gasteiger partial charge in [-0.15, -0.1) is 0 Å². The van der Waals surface area contributed by atoms with Crippen molar-refractivity contribution in [3.63, 3.8) is 0 Å². The van der Waals surface area contributed by atoms with Gasteiger partial charge in [0.05, 0.1) is 12.2 Å². The Labute approximate surface area is 145 Å². The van der Waals surface area contributed by atoms with E-state index in [9.17, 15) is 27.9 Å². The fourth-order valence-electron chi connectivity index (χ4n) is 2.65. The van der Waals surface area contributed by atoms with Gasteiger partial charge in [-0.1, -0.05) is 18.2 Å². The normalized spacial score (nSPS) is 11.5. The summed E-state index contributed by atoms with van der Waals surface area (Å²) in [5.74, 6) is -0.819. The van der Waals surface area contributed by atoms with E-state index >= 15 is 0 Å². The zero-order valence-electron chi connectivity index (χ0n) is 13.2. The van der Waals surface area contributed by atoms with Crippen molar-refractivity contribution in [3.8, 4) is 0 Å². The number of rotatable bonds is 3. The lowest BCUT2D eigenvalue weighted by Gasteiger charge is -2.12. The number of hydrogen-bond acceptors (Lipinski definition) is 3. The van der Waals surface area contributed by atoms with Crippen LogP contribution in [-0.2, 0) is 12.8 Å². The zero-order valence-corrected chi connectivity index (χ0v) is 13.2. The Morgan fingerprint density at radius 3 is 2.35 bits per heavy atom. The van der Waals surface area contributed by atoms with Gasteiger partial charge < -0.3 is 15.4 Å². The number of aliphatic hydroxyl groups excluding tert-OH is 1. The number of H-pyrrole nitrogens is 1. The third-order valence-corrected chi connectivity index (χ3v) is 3.88. The van der Waals surface area contributed by atoms with E-state index in [-0.39, 0.29) is 16.8 Å². The van der Waals surface area contributed by atoms with Crippen LogP contribution in [0.15, 0.2) is 53.3 Å². The molecule has 3 rings (SSSR count). The van der Waals surface area contributed by atoms with Crippen molar-refractivity contribution in [1.29, 1.82) is 0 Å². The number of pyridine rings is 1. The van der Waals surface area contributed by atoms with Crippen LogP contribution < -0.4 is 10.9 Å². The molecule has 0 saturated carbocycles. The summed E-state index contributed by atoms with van der Waals surface area (Å²) in [6.45, 7) is -0.541. The summed E-state index contributed by atoms with van der Waals surface area (Å²) in [6.07, 6.45) is -4.48. The van der Waals surface area contributed by atoms with Gasteiger partial charge in [-0.05, 0) is 30.3 Å². The molecule has 26 heavy (non-hydrogen) atoms. The quantitative estimate of drug-likeness (QED) is 0.669. The minimum absolute atomic E-state index is 0.0967. The predicted molar refractivity (Wildman–Crippen MR) is 89.9 cm³/mol. The van der Waals surface area contributed by atoms with Gasteiger partial charge in [-0.25, -0.2) is 0 Å². The van der Waals surface area contributed by atoms with E-state index in [0.29, 0.717) is 10.9 Å². The molecule has 0 radical (unpaired) electrons. The number of para-hydroxylation sites is 1. The average Bonchev–Trinajstić information content (AvgIpc) is 2.60. The molecule has 0 aliphatic carbocycles. The topological polar surface area (TPSA) is 82.2 Å². The maximum atomic E-state index is 12.6. The van der Waals surface area contributed by atoms with E-state index in [1.165, 1.54) is 0 Å². The number of benzene rings is 2. The molecule has 0 spiro atoms. The van der Waals surface area contributed by atoms with Gasteiger partial charge in [0.15, 0.2) is 0 Å². The molecule has 134 valence electrons. The van der Waals surface area contributed by atoms with E-state index in [0.717, 1.165) is 24.3 Å². The molecule has 0 saturated heterocycles. The average molecular weight is 362 g/mol. The van der Waals surface area contributed by atoms with Crippen molar-refractivity contribution in [1.82, 2.24) is 4.98 Å². The monoisotopic (exact) mass is 362 g/mol. The maximum absolute atomic E-state index is 12.6. The summed E-state index contributed by atoms with van der Waals surface area (Å²) in [7, 11) is 0. The minimum atomic E-state index is -4.48. The van der Waals surface area contributed by atoms with E-state index in [4.69, 9.17) is 0 Å². The van der Waals surface area contributed by atoms with Crippen LogP contribution in [0.2, 0.25) is 0 Å². The molecule has 1 heterocycles. The molecular formula is C18H13F3N2O3. The number of nitrogens with one attached hydrogen (secondary N) is 2. The number of fused-ring (bicyclic) bond motifs is 1. The SMILES string of the molecule is O=C(Nc1ccc(C(F)(F)F)cc1)c1c(CO)c2ccccc2[nH]c1=O. The van der Waals surface area contributed by atoms with Gasteiger partial charge in [0.2, 0.25) is 0 Å². The van der Waals surface area contributed by atoms with Crippen molar-refractivity contribution < 1.29 is 23.1 Å². The molecule has 0 fully saturated rings. The number of amides is 1. The van der Waals surface area contributed by atoms with E-state index in [2.05, 4.69) is 10.3 Å². The Hall–Kier alpha value is -3.13. The van der Waals surface area contributed by atoms with Crippen molar-refractivity contribution in [2.75, 3.05) is 5.32 Å². The lowest BCUT2D eigenvalue weighted by Crippen LogP contribution is -2.26. The smallest absolute Gasteiger partial charge is 0.392 e. The number of alkyl halides is 3. The fraction of sp³-hybridized carbons (Fsp3) is 0.111. The predicted octanol–water partition coefficient (Wildman–Crippen LogP) is 3.29. The van der Waals surface area contributed by atoms with Gasteiger partial charge in [-0.3, -0.25) is 9.59 Å². The number of halogens is 3. The van der Waals surface area contributed by atoms with Gasteiger partial charge in [0.25, 0.3) is 11.5 Å². The Morgan fingerprint density at radius 2 is 1.73 bits per heavy atom. The van der Waals surface area contributed by atoms with Crippen LogP contribution in [0.3, 0.4) is 0 Å². The van der Waals surface area contributed by atoms with Crippen molar-refractivity contribution in [2.45, 2.75) is 12.8 Å². The largest absolute Gasteiger partial charge is 0.416 e. The van der Waals surface area contributed by atoms with Crippen molar-refractivity contribution in [3.05, 3.63) is 75.6 Å². The summed E-state index contributed by atoms with van der Waals surface area (Å²) in [5, 5.41) is 12.5. The second-order valence-electron chi connectivity index (χ2n) is 5.54.